The number of aliphatic imine (C=N–C) groups is 1. The minimum absolute atomic E-state index is 0. The van der Waals surface area contributed by atoms with E-state index in [0.717, 1.165) is 23.4 Å². The topological polar surface area (TPSA) is 81.2 Å². The molecule has 0 amide bonds. The van der Waals surface area contributed by atoms with Crippen LogP contribution in [-0.2, 0) is 17.8 Å². The number of carbonyl (C=O) groups is 1. The summed E-state index contributed by atoms with van der Waals surface area (Å²) in [6.07, 6.45) is 0. The summed E-state index contributed by atoms with van der Waals surface area (Å²) < 4.78 is 15.2. The van der Waals surface area contributed by atoms with Crippen molar-refractivity contribution in [3.8, 4) is 11.5 Å². The van der Waals surface area contributed by atoms with Crippen molar-refractivity contribution in [2.45, 2.75) is 20.0 Å². The summed E-state index contributed by atoms with van der Waals surface area (Å²) in [5.41, 5.74) is 2.38. The average Bonchev–Trinajstić information content (AvgIpc) is 2.75. The highest BCUT2D eigenvalue weighted by molar-refractivity contribution is 14.0. The first-order valence-corrected chi connectivity index (χ1v) is 9.01. The quantitative estimate of drug-likeness (QED) is 0.244. The van der Waals surface area contributed by atoms with Gasteiger partial charge in [-0.25, -0.2) is 9.79 Å². The van der Waals surface area contributed by atoms with Gasteiger partial charge in [-0.05, 0) is 42.3 Å². The first-order valence-electron chi connectivity index (χ1n) is 9.01. The van der Waals surface area contributed by atoms with Crippen LogP contribution in [0.25, 0.3) is 0 Å². The third-order valence-electron chi connectivity index (χ3n) is 4.05. The highest BCUT2D eigenvalue weighted by Crippen LogP contribution is 2.21. The van der Waals surface area contributed by atoms with Gasteiger partial charge in [0.2, 0.25) is 0 Å². The molecular weight excluding hydrogens is 485 g/mol. The highest BCUT2D eigenvalue weighted by Gasteiger charge is 2.13. The summed E-state index contributed by atoms with van der Waals surface area (Å²) in [4.78, 5) is 16.5. The molecule has 0 unspecified atom stereocenters. The van der Waals surface area contributed by atoms with Gasteiger partial charge < -0.3 is 24.8 Å². The second kappa shape index (κ2) is 12.9. The lowest BCUT2D eigenvalue weighted by Gasteiger charge is -2.12. The number of esters is 1. The average molecular weight is 513 g/mol. The lowest BCUT2D eigenvalue weighted by Crippen LogP contribution is -2.36. The van der Waals surface area contributed by atoms with Crippen LogP contribution in [0.2, 0.25) is 0 Å². The Morgan fingerprint density at radius 3 is 2.24 bits per heavy atom. The smallest absolute Gasteiger partial charge is 0.341 e. The predicted molar refractivity (Wildman–Crippen MR) is 124 cm³/mol. The summed E-state index contributed by atoms with van der Waals surface area (Å²) in [5, 5.41) is 6.51. The van der Waals surface area contributed by atoms with E-state index < -0.39 is 5.97 Å². The number of nitrogens with zero attached hydrogens (tertiary/aromatic N) is 1. The van der Waals surface area contributed by atoms with E-state index in [1.165, 1.54) is 14.2 Å². The third-order valence-corrected chi connectivity index (χ3v) is 4.05. The first-order chi connectivity index (χ1) is 13.6. The molecule has 2 aromatic rings. The Bertz CT molecular complexity index is 810. The van der Waals surface area contributed by atoms with Crippen molar-refractivity contribution in [1.82, 2.24) is 10.6 Å². The lowest BCUT2D eigenvalue weighted by molar-refractivity contribution is 0.0597. The standard InChI is InChI=1S/C21H27N3O4.HI/c1-5-22-21(23-13-15-6-9-17(26-2)10-7-15)24-14-16-8-11-19(27-3)18(12-16)20(25)28-4;/h6-12H,5,13-14H2,1-4H3,(H2,22,23,24);1H. The van der Waals surface area contributed by atoms with Gasteiger partial charge in [0.05, 0.1) is 27.9 Å². The fourth-order valence-electron chi connectivity index (χ4n) is 2.56. The maximum Gasteiger partial charge on any atom is 0.341 e. The molecule has 0 aliphatic rings. The van der Waals surface area contributed by atoms with E-state index in [2.05, 4.69) is 15.6 Å². The molecule has 158 valence electrons. The van der Waals surface area contributed by atoms with Crippen LogP contribution in [0.15, 0.2) is 47.5 Å². The van der Waals surface area contributed by atoms with Crippen molar-refractivity contribution in [2.75, 3.05) is 27.9 Å². The van der Waals surface area contributed by atoms with Gasteiger partial charge in [-0.3, -0.25) is 0 Å². The zero-order valence-electron chi connectivity index (χ0n) is 17.2. The Hall–Kier alpha value is -2.49. The van der Waals surface area contributed by atoms with Crippen molar-refractivity contribution in [3.63, 3.8) is 0 Å². The molecule has 0 fully saturated rings. The van der Waals surface area contributed by atoms with E-state index in [-0.39, 0.29) is 24.0 Å². The van der Waals surface area contributed by atoms with Gasteiger partial charge in [-0.15, -0.1) is 24.0 Å². The van der Waals surface area contributed by atoms with Crippen LogP contribution in [-0.4, -0.2) is 39.8 Å². The molecule has 8 heteroatoms. The number of ether oxygens (including phenoxy) is 3. The Morgan fingerprint density at radius 2 is 1.66 bits per heavy atom. The molecule has 0 heterocycles. The minimum Gasteiger partial charge on any atom is -0.497 e. The molecule has 0 saturated carbocycles. The molecule has 0 spiro atoms. The fraction of sp³-hybridized carbons (Fsp3) is 0.333. The molecule has 2 N–H and O–H groups in total. The van der Waals surface area contributed by atoms with E-state index in [1.807, 2.05) is 37.3 Å². The maximum atomic E-state index is 11.9. The molecule has 2 rings (SSSR count). The third kappa shape index (κ3) is 7.45. The summed E-state index contributed by atoms with van der Waals surface area (Å²) in [7, 11) is 4.51. The zero-order chi connectivity index (χ0) is 20.4. The second-order valence-corrected chi connectivity index (χ2v) is 5.92. The molecule has 0 aromatic heterocycles. The number of halogens is 1. The molecule has 7 nitrogen and oxygen atoms in total. The molecule has 2 aromatic carbocycles. The van der Waals surface area contributed by atoms with Gasteiger partial charge in [0.25, 0.3) is 0 Å². The molecule has 0 bridgehead atoms. The minimum atomic E-state index is -0.438. The molecule has 0 aliphatic heterocycles. The van der Waals surface area contributed by atoms with Gasteiger partial charge >= 0.3 is 5.97 Å². The van der Waals surface area contributed by atoms with Crippen LogP contribution in [0.5, 0.6) is 11.5 Å². The molecular formula is C21H28IN3O4. The lowest BCUT2D eigenvalue weighted by atomic mass is 10.1. The normalized spacial score (nSPS) is 10.6. The molecule has 29 heavy (non-hydrogen) atoms. The second-order valence-electron chi connectivity index (χ2n) is 5.92. The summed E-state index contributed by atoms with van der Waals surface area (Å²) >= 11 is 0. The van der Waals surface area contributed by atoms with Gasteiger partial charge in [0.15, 0.2) is 5.96 Å². The molecule has 0 atom stereocenters. The summed E-state index contributed by atoms with van der Waals surface area (Å²) in [5.74, 6) is 1.55. The van der Waals surface area contributed by atoms with E-state index in [4.69, 9.17) is 14.2 Å². The van der Waals surface area contributed by atoms with E-state index >= 15 is 0 Å². The van der Waals surface area contributed by atoms with Gasteiger partial charge in [0, 0.05) is 13.1 Å². The molecule has 0 aliphatic carbocycles. The van der Waals surface area contributed by atoms with Crippen molar-refractivity contribution < 1.29 is 19.0 Å². The summed E-state index contributed by atoms with van der Waals surface area (Å²) in [6.45, 7) is 3.79. The van der Waals surface area contributed by atoms with E-state index in [9.17, 15) is 4.79 Å². The number of guanidine groups is 1. The monoisotopic (exact) mass is 513 g/mol. The maximum absolute atomic E-state index is 11.9. The van der Waals surface area contributed by atoms with Crippen molar-refractivity contribution in [2.24, 2.45) is 4.99 Å². The largest absolute Gasteiger partial charge is 0.497 e. The number of methoxy groups -OCH3 is 3. The summed E-state index contributed by atoms with van der Waals surface area (Å²) in [6, 6.07) is 13.2. The van der Waals surface area contributed by atoms with Crippen molar-refractivity contribution >= 4 is 35.9 Å². The first kappa shape index (κ1) is 24.5. The number of hydrogen-bond donors (Lipinski definition) is 2. The number of hydrogen-bond acceptors (Lipinski definition) is 5. The van der Waals surface area contributed by atoms with Gasteiger partial charge in [-0.1, -0.05) is 18.2 Å². The predicted octanol–water partition coefficient (Wildman–Crippen LogP) is 3.36. The Morgan fingerprint density at radius 1 is 0.966 bits per heavy atom. The SMILES string of the molecule is CCNC(=NCc1ccc(OC)c(C(=O)OC)c1)NCc1ccc(OC)cc1.I. The number of nitrogens with one attached hydrogen (secondary N) is 2. The molecule has 0 radical (unpaired) electrons. The highest BCUT2D eigenvalue weighted by atomic mass is 127. The van der Waals surface area contributed by atoms with E-state index in [1.54, 1.807) is 19.2 Å². The Labute approximate surface area is 188 Å². The van der Waals surface area contributed by atoms with Crippen molar-refractivity contribution in [3.05, 3.63) is 59.2 Å². The van der Waals surface area contributed by atoms with Crippen LogP contribution in [0, 0.1) is 0 Å². The van der Waals surface area contributed by atoms with E-state index in [0.29, 0.717) is 30.4 Å². The van der Waals surface area contributed by atoms with Crippen LogP contribution in [0.3, 0.4) is 0 Å². The number of carbonyl (C=O) groups excluding carboxylic acids is 1. The van der Waals surface area contributed by atoms with Crippen LogP contribution < -0.4 is 20.1 Å². The van der Waals surface area contributed by atoms with Gasteiger partial charge in [-0.2, -0.15) is 0 Å². The fourth-order valence-corrected chi connectivity index (χ4v) is 2.56. The Kier molecular flexibility index (Phi) is 10.9. The van der Waals surface area contributed by atoms with Crippen LogP contribution >= 0.6 is 24.0 Å². The van der Waals surface area contributed by atoms with Crippen LogP contribution in [0.1, 0.15) is 28.4 Å². The van der Waals surface area contributed by atoms with Crippen LogP contribution in [0.4, 0.5) is 0 Å². The number of rotatable bonds is 8. The number of benzene rings is 2. The molecule has 0 saturated heterocycles. The Balaban J connectivity index is 0.00000420. The van der Waals surface area contributed by atoms with Crippen molar-refractivity contribution in [1.29, 1.82) is 0 Å². The van der Waals surface area contributed by atoms with Gasteiger partial charge in [0.1, 0.15) is 17.1 Å². The zero-order valence-corrected chi connectivity index (χ0v) is 19.5.